The summed E-state index contributed by atoms with van der Waals surface area (Å²) in [5.41, 5.74) is 2.01. The largest absolute Gasteiger partial charge is 0.459 e. The average molecular weight is 463 g/mol. The Morgan fingerprint density at radius 2 is 1.81 bits per heavy atom. The number of benzene rings is 2. The molecule has 2 amide bonds. The standard InChI is InChI=1S/C22H14N4O4S2/c27-19(16-6-3-9-29-16)26-22-24-14-8-7-13(11-18(14)32-22)23-21(31)25-20(28)17-10-12-4-1-2-5-15(12)30-17/h1-11H,(H,24,26,27)(H2,23,25,28,31). The van der Waals surface area contributed by atoms with Gasteiger partial charge in [0.2, 0.25) is 0 Å². The molecule has 3 aromatic heterocycles. The van der Waals surface area contributed by atoms with Crippen LogP contribution in [0, 0.1) is 0 Å². The summed E-state index contributed by atoms with van der Waals surface area (Å²) >= 11 is 6.57. The highest BCUT2D eigenvalue weighted by Gasteiger charge is 2.15. The highest BCUT2D eigenvalue weighted by molar-refractivity contribution is 7.80. The number of thiazole rings is 1. The predicted molar refractivity (Wildman–Crippen MR) is 126 cm³/mol. The molecular weight excluding hydrogens is 448 g/mol. The molecule has 3 heterocycles. The number of anilines is 2. The molecule has 5 rings (SSSR count). The summed E-state index contributed by atoms with van der Waals surface area (Å²) in [6.07, 6.45) is 1.43. The van der Waals surface area contributed by atoms with Crippen LogP contribution >= 0.6 is 23.6 Å². The minimum Gasteiger partial charge on any atom is -0.459 e. The number of furan rings is 2. The highest BCUT2D eigenvalue weighted by Crippen LogP contribution is 2.29. The molecule has 0 aliphatic carbocycles. The summed E-state index contributed by atoms with van der Waals surface area (Å²) in [6.45, 7) is 0. The second kappa shape index (κ2) is 8.25. The quantitative estimate of drug-likeness (QED) is 0.322. The molecule has 0 aliphatic rings. The molecule has 5 aromatic rings. The van der Waals surface area contributed by atoms with Crippen LogP contribution in [0.4, 0.5) is 10.8 Å². The lowest BCUT2D eigenvalue weighted by Gasteiger charge is -2.08. The van der Waals surface area contributed by atoms with E-state index >= 15 is 0 Å². The molecule has 0 unspecified atom stereocenters. The lowest BCUT2D eigenvalue weighted by atomic mass is 10.2. The molecule has 0 spiro atoms. The second-order valence-electron chi connectivity index (χ2n) is 6.69. The number of fused-ring (bicyclic) bond motifs is 2. The van der Waals surface area contributed by atoms with E-state index in [1.165, 1.54) is 17.6 Å². The van der Waals surface area contributed by atoms with Gasteiger partial charge in [-0.2, -0.15) is 0 Å². The summed E-state index contributed by atoms with van der Waals surface area (Å²) in [4.78, 5) is 29.0. The Hall–Kier alpha value is -4.02. The normalized spacial score (nSPS) is 10.9. The fourth-order valence-electron chi connectivity index (χ4n) is 3.04. The van der Waals surface area contributed by atoms with E-state index in [1.54, 1.807) is 36.4 Å². The number of amides is 2. The van der Waals surface area contributed by atoms with E-state index in [-0.39, 0.29) is 22.5 Å². The number of nitrogens with zero attached hydrogens (tertiary/aromatic N) is 1. The van der Waals surface area contributed by atoms with Gasteiger partial charge in [-0.1, -0.05) is 29.5 Å². The Kier molecular flexibility index (Phi) is 5.13. The molecule has 0 saturated heterocycles. The van der Waals surface area contributed by atoms with E-state index in [9.17, 15) is 9.59 Å². The number of hydrogen-bond donors (Lipinski definition) is 3. The van der Waals surface area contributed by atoms with Gasteiger partial charge in [0.05, 0.1) is 16.5 Å². The minimum atomic E-state index is -0.444. The lowest BCUT2D eigenvalue weighted by Crippen LogP contribution is -2.33. The van der Waals surface area contributed by atoms with E-state index in [0.29, 0.717) is 21.9 Å². The Morgan fingerprint density at radius 1 is 0.938 bits per heavy atom. The number of rotatable bonds is 4. The lowest BCUT2D eigenvalue weighted by molar-refractivity contribution is 0.0951. The molecule has 2 aromatic carbocycles. The molecule has 0 bridgehead atoms. The van der Waals surface area contributed by atoms with Crippen LogP contribution < -0.4 is 16.0 Å². The van der Waals surface area contributed by atoms with Crippen LogP contribution in [0.1, 0.15) is 21.1 Å². The summed E-state index contributed by atoms with van der Waals surface area (Å²) < 4.78 is 11.5. The minimum absolute atomic E-state index is 0.130. The van der Waals surface area contributed by atoms with Crippen molar-refractivity contribution in [2.45, 2.75) is 0 Å². The molecule has 0 fully saturated rings. The van der Waals surface area contributed by atoms with Crippen LogP contribution in [0.5, 0.6) is 0 Å². The Labute approximate surface area is 190 Å². The number of thiocarbonyl (C=S) groups is 1. The van der Waals surface area contributed by atoms with E-state index < -0.39 is 5.91 Å². The Bertz CT molecular complexity index is 1440. The monoisotopic (exact) mass is 462 g/mol. The van der Waals surface area contributed by atoms with Crippen LogP contribution in [0.3, 0.4) is 0 Å². The highest BCUT2D eigenvalue weighted by atomic mass is 32.1. The van der Waals surface area contributed by atoms with Gasteiger partial charge < -0.3 is 14.2 Å². The second-order valence-corrected chi connectivity index (χ2v) is 8.13. The van der Waals surface area contributed by atoms with Gasteiger partial charge in [-0.3, -0.25) is 20.2 Å². The molecule has 0 saturated carbocycles. The van der Waals surface area contributed by atoms with Crippen molar-refractivity contribution in [1.82, 2.24) is 10.3 Å². The van der Waals surface area contributed by atoms with Gasteiger partial charge >= 0.3 is 0 Å². The van der Waals surface area contributed by atoms with E-state index in [2.05, 4.69) is 20.9 Å². The van der Waals surface area contributed by atoms with Gasteiger partial charge in [0, 0.05) is 11.1 Å². The number of carbonyl (C=O) groups excluding carboxylic acids is 2. The molecule has 158 valence electrons. The molecule has 0 radical (unpaired) electrons. The SMILES string of the molecule is O=C(Nc1nc2ccc(NC(=S)NC(=O)c3cc4ccccc4o3)cc2s1)c1ccco1. The van der Waals surface area contributed by atoms with Crippen LogP contribution in [0.15, 0.2) is 75.8 Å². The molecule has 0 atom stereocenters. The number of aromatic nitrogens is 1. The third-order valence-corrected chi connectivity index (χ3v) is 5.63. The van der Waals surface area contributed by atoms with Crippen molar-refractivity contribution in [1.29, 1.82) is 0 Å². The van der Waals surface area contributed by atoms with Gasteiger partial charge in [0.15, 0.2) is 21.8 Å². The van der Waals surface area contributed by atoms with Gasteiger partial charge in [-0.15, -0.1) is 0 Å². The molecule has 10 heteroatoms. The Balaban J connectivity index is 1.25. The molecular formula is C22H14N4O4S2. The van der Waals surface area contributed by atoms with Crippen molar-refractivity contribution in [3.63, 3.8) is 0 Å². The summed E-state index contributed by atoms with van der Waals surface area (Å²) in [7, 11) is 0. The first-order chi connectivity index (χ1) is 15.5. The number of carbonyl (C=O) groups is 2. The van der Waals surface area contributed by atoms with Gasteiger partial charge in [-0.05, 0) is 54.7 Å². The molecule has 3 N–H and O–H groups in total. The fraction of sp³-hybridized carbons (Fsp3) is 0. The van der Waals surface area contributed by atoms with Crippen molar-refractivity contribution >= 4 is 72.5 Å². The van der Waals surface area contributed by atoms with Gasteiger partial charge in [-0.25, -0.2) is 4.98 Å². The first-order valence-electron chi connectivity index (χ1n) is 9.41. The topological polar surface area (TPSA) is 109 Å². The number of nitrogens with one attached hydrogen (secondary N) is 3. The van der Waals surface area contributed by atoms with E-state index in [0.717, 1.165) is 10.1 Å². The van der Waals surface area contributed by atoms with E-state index in [1.807, 2.05) is 24.3 Å². The van der Waals surface area contributed by atoms with Crippen molar-refractivity contribution in [2.75, 3.05) is 10.6 Å². The zero-order valence-corrected chi connectivity index (χ0v) is 17.9. The molecule has 8 nitrogen and oxygen atoms in total. The van der Waals surface area contributed by atoms with Crippen LogP contribution in [0.2, 0.25) is 0 Å². The van der Waals surface area contributed by atoms with Gasteiger partial charge in [0.1, 0.15) is 5.58 Å². The Morgan fingerprint density at radius 3 is 2.62 bits per heavy atom. The summed E-state index contributed by atoms with van der Waals surface area (Å²) in [5, 5.41) is 9.70. The van der Waals surface area contributed by atoms with Crippen molar-refractivity contribution in [3.05, 3.63) is 78.4 Å². The van der Waals surface area contributed by atoms with Crippen molar-refractivity contribution in [2.24, 2.45) is 0 Å². The maximum Gasteiger partial charge on any atom is 0.293 e. The van der Waals surface area contributed by atoms with Gasteiger partial charge in [0.25, 0.3) is 11.8 Å². The first-order valence-corrected chi connectivity index (χ1v) is 10.6. The summed E-state index contributed by atoms with van der Waals surface area (Å²) in [5.74, 6) is -0.440. The average Bonchev–Trinajstić information content (AvgIpc) is 3.52. The van der Waals surface area contributed by atoms with Crippen LogP contribution in [0.25, 0.3) is 21.2 Å². The van der Waals surface area contributed by atoms with E-state index in [4.69, 9.17) is 21.1 Å². The molecule has 32 heavy (non-hydrogen) atoms. The maximum absolute atomic E-state index is 12.4. The smallest absolute Gasteiger partial charge is 0.293 e. The zero-order valence-electron chi connectivity index (χ0n) is 16.2. The molecule has 0 aliphatic heterocycles. The number of para-hydroxylation sites is 1. The summed E-state index contributed by atoms with van der Waals surface area (Å²) in [6, 6.07) is 17.6. The van der Waals surface area contributed by atoms with Crippen molar-refractivity contribution < 1.29 is 18.4 Å². The first kappa shape index (κ1) is 19.9. The maximum atomic E-state index is 12.4. The zero-order chi connectivity index (χ0) is 22.1. The van der Waals surface area contributed by atoms with Crippen molar-refractivity contribution in [3.8, 4) is 0 Å². The van der Waals surface area contributed by atoms with Crippen LogP contribution in [-0.4, -0.2) is 21.9 Å². The third-order valence-electron chi connectivity index (χ3n) is 4.49. The predicted octanol–water partition coefficient (Wildman–Crippen LogP) is 5.01. The van der Waals surface area contributed by atoms with Crippen LogP contribution in [-0.2, 0) is 0 Å². The third kappa shape index (κ3) is 4.09. The fourth-order valence-corrected chi connectivity index (χ4v) is 4.15. The number of hydrogen-bond acceptors (Lipinski definition) is 7.